The molecule has 2 rings (SSSR count). The lowest BCUT2D eigenvalue weighted by molar-refractivity contribution is 0.464. The normalized spacial score (nSPS) is 10.9. The molecule has 0 unspecified atom stereocenters. The first-order valence-corrected chi connectivity index (χ1v) is 7.38. The van der Waals surface area contributed by atoms with Crippen LogP contribution >= 0.6 is 27.5 Å². The lowest BCUT2D eigenvalue weighted by Gasteiger charge is -2.11. The average Bonchev–Trinajstić information content (AvgIpc) is 2.43. The van der Waals surface area contributed by atoms with E-state index in [2.05, 4.69) is 25.9 Å². The van der Waals surface area contributed by atoms with Gasteiger partial charge in [0.15, 0.2) is 5.75 Å². The fraction of sp³-hybridized carbons (Fsp3) is 0.286. The van der Waals surface area contributed by atoms with Crippen molar-refractivity contribution in [1.29, 1.82) is 0 Å². The van der Waals surface area contributed by atoms with E-state index in [9.17, 15) is 4.39 Å². The number of alkyl halides is 1. The molecule has 0 saturated heterocycles. The summed E-state index contributed by atoms with van der Waals surface area (Å²) in [7, 11) is 0. The zero-order chi connectivity index (χ0) is 14.7. The molecule has 2 aromatic rings. The van der Waals surface area contributed by atoms with E-state index in [0.29, 0.717) is 27.5 Å². The average molecular weight is 360 g/mol. The van der Waals surface area contributed by atoms with Crippen LogP contribution in [0.4, 0.5) is 4.39 Å². The lowest BCUT2D eigenvalue weighted by Crippen LogP contribution is -2.02. The quantitative estimate of drug-likeness (QED) is 0.718. The number of hydrogen-bond donors (Lipinski definition) is 0. The van der Waals surface area contributed by atoms with Crippen molar-refractivity contribution in [3.63, 3.8) is 0 Å². The van der Waals surface area contributed by atoms with Crippen LogP contribution in [0.2, 0.25) is 0 Å². The highest BCUT2D eigenvalue weighted by molar-refractivity contribution is 9.10. The Kier molecular flexibility index (Phi) is 4.94. The molecule has 6 heteroatoms. The number of halogens is 3. The van der Waals surface area contributed by atoms with Crippen LogP contribution in [0.15, 0.2) is 28.9 Å². The monoisotopic (exact) mass is 358 g/mol. The minimum absolute atomic E-state index is 0.205. The third kappa shape index (κ3) is 3.46. The number of nitrogens with zero attached hydrogens (tertiary/aromatic N) is 2. The van der Waals surface area contributed by atoms with Gasteiger partial charge in [-0.15, -0.1) is 11.6 Å². The Hall–Kier alpha value is -1.20. The third-order valence-electron chi connectivity index (χ3n) is 2.61. The van der Waals surface area contributed by atoms with Gasteiger partial charge in [0.2, 0.25) is 0 Å². The Morgan fingerprint density at radius 3 is 2.75 bits per heavy atom. The molecule has 1 aromatic heterocycles. The molecule has 20 heavy (non-hydrogen) atoms. The Morgan fingerprint density at radius 1 is 1.40 bits per heavy atom. The van der Waals surface area contributed by atoms with Crippen LogP contribution in [0.3, 0.4) is 0 Å². The Morgan fingerprint density at radius 2 is 2.15 bits per heavy atom. The molecule has 1 heterocycles. The number of rotatable bonds is 4. The predicted molar refractivity (Wildman–Crippen MR) is 79.9 cm³/mol. The summed E-state index contributed by atoms with van der Waals surface area (Å²) in [5.74, 6) is 1.53. The van der Waals surface area contributed by atoms with Crippen LogP contribution in [-0.2, 0) is 5.88 Å². The molecule has 1 aromatic carbocycles. The molecule has 106 valence electrons. The molecule has 0 aliphatic heterocycles. The van der Waals surface area contributed by atoms with E-state index in [4.69, 9.17) is 16.3 Å². The summed E-state index contributed by atoms with van der Waals surface area (Å²) in [4.78, 5) is 8.58. The molecule has 0 bridgehead atoms. The molecule has 0 N–H and O–H groups in total. The molecular weight excluding hydrogens is 347 g/mol. The molecule has 0 fully saturated rings. The van der Waals surface area contributed by atoms with Gasteiger partial charge >= 0.3 is 0 Å². The minimum atomic E-state index is -0.394. The van der Waals surface area contributed by atoms with E-state index < -0.39 is 5.82 Å². The fourth-order valence-corrected chi connectivity index (χ4v) is 1.99. The van der Waals surface area contributed by atoms with Gasteiger partial charge in [0, 0.05) is 12.0 Å². The van der Waals surface area contributed by atoms with Crippen molar-refractivity contribution in [2.75, 3.05) is 0 Å². The van der Waals surface area contributed by atoms with E-state index in [0.717, 1.165) is 0 Å². The molecule has 0 saturated carbocycles. The highest BCUT2D eigenvalue weighted by atomic mass is 79.9. The smallest absolute Gasteiger partial charge is 0.168 e. The summed E-state index contributed by atoms with van der Waals surface area (Å²) < 4.78 is 19.4. The van der Waals surface area contributed by atoms with Crippen LogP contribution in [-0.4, -0.2) is 9.97 Å². The third-order valence-corrected chi connectivity index (χ3v) is 3.51. The van der Waals surface area contributed by atoms with Crippen LogP contribution < -0.4 is 4.74 Å². The summed E-state index contributed by atoms with van der Waals surface area (Å²) in [6.45, 7) is 4.00. The molecule has 0 aliphatic rings. The number of ether oxygens (including phenoxy) is 1. The van der Waals surface area contributed by atoms with Crippen molar-refractivity contribution < 1.29 is 9.13 Å². The maximum Gasteiger partial charge on any atom is 0.168 e. The second-order valence-corrected chi connectivity index (χ2v) is 5.63. The topological polar surface area (TPSA) is 35.0 Å². The van der Waals surface area contributed by atoms with Gasteiger partial charge in [-0.05, 0) is 28.1 Å². The zero-order valence-corrected chi connectivity index (χ0v) is 13.4. The van der Waals surface area contributed by atoms with E-state index >= 15 is 0 Å². The van der Waals surface area contributed by atoms with Gasteiger partial charge in [-0.25, -0.2) is 14.4 Å². The first-order valence-electron chi connectivity index (χ1n) is 6.06. The fourth-order valence-electron chi connectivity index (χ4n) is 1.55. The summed E-state index contributed by atoms with van der Waals surface area (Å²) >= 11 is 8.97. The van der Waals surface area contributed by atoms with Gasteiger partial charge in [0.1, 0.15) is 23.1 Å². The molecule has 0 atom stereocenters. The second kappa shape index (κ2) is 6.50. The number of aromatic nitrogens is 2. The van der Waals surface area contributed by atoms with Crippen molar-refractivity contribution in [3.8, 4) is 11.5 Å². The number of benzene rings is 1. The molecule has 0 spiro atoms. The zero-order valence-electron chi connectivity index (χ0n) is 11.0. The highest BCUT2D eigenvalue weighted by Crippen LogP contribution is 2.28. The summed E-state index contributed by atoms with van der Waals surface area (Å²) in [5.41, 5.74) is 0.591. The van der Waals surface area contributed by atoms with Gasteiger partial charge in [-0.1, -0.05) is 13.8 Å². The number of hydrogen-bond acceptors (Lipinski definition) is 3. The van der Waals surface area contributed by atoms with E-state index in [1.807, 2.05) is 13.8 Å². The minimum Gasteiger partial charge on any atom is -0.454 e. The van der Waals surface area contributed by atoms with Crippen LogP contribution in [0.1, 0.15) is 31.3 Å². The van der Waals surface area contributed by atoms with Crippen molar-refractivity contribution in [2.24, 2.45) is 0 Å². The van der Waals surface area contributed by atoms with Gasteiger partial charge in [-0.3, -0.25) is 0 Å². The lowest BCUT2D eigenvalue weighted by atomic mass is 10.2. The summed E-state index contributed by atoms with van der Waals surface area (Å²) in [6, 6.07) is 4.52. The van der Waals surface area contributed by atoms with Crippen LogP contribution in [0.25, 0.3) is 0 Å². The van der Waals surface area contributed by atoms with E-state index in [1.165, 1.54) is 6.07 Å². The van der Waals surface area contributed by atoms with E-state index in [-0.39, 0.29) is 11.8 Å². The van der Waals surface area contributed by atoms with Crippen molar-refractivity contribution in [3.05, 3.63) is 46.2 Å². The Bertz CT molecular complexity index is 622. The predicted octanol–water partition coefficient (Wildman–Crippen LogP) is 5.03. The van der Waals surface area contributed by atoms with Crippen LogP contribution in [0, 0.1) is 5.82 Å². The van der Waals surface area contributed by atoms with Crippen molar-refractivity contribution >= 4 is 27.5 Å². The maximum atomic E-state index is 13.5. The first kappa shape index (κ1) is 15.2. The summed E-state index contributed by atoms with van der Waals surface area (Å²) in [5, 5.41) is 0. The van der Waals surface area contributed by atoms with E-state index in [1.54, 1.807) is 18.3 Å². The highest BCUT2D eigenvalue weighted by Gasteiger charge is 2.11. The largest absolute Gasteiger partial charge is 0.454 e. The van der Waals surface area contributed by atoms with Gasteiger partial charge in [-0.2, -0.15) is 0 Å². The molecule has 0 radical (unpaired) electrons. The molecular formula is C14H13BrClFN2O. The Labute approximate surface area is 130 Å². The maximum absolute atomic E-state index is 13.5. The van der Waals surface area contributed by atoms with Crippen LogP contribution in [0.5, 0.6) is 11.5 Å². The van der Waals surface area contributed by atoms with Crippen molar-refractivity contribution in [1.82, 2.24) is 9.97 Å². The molecule has 3 nitrogen and oxygen atoms in total. The summed E-state index contributed by atoms with van der Waals surface area (Å²) in [6.07, 6.45) is 1.57. The van der Waals surface area contributed by atoms with Gasteiger partial charge < -0.3 is 4.74 Å². The molecule has 0 amide bonds. The standard InChI is InChI=1S/C14H13BrClFN2O/c1-8(2)14-18-7-13(12(6-16)19-14)20-9-3-4-10(15)11(17)5-9/h3-5,7-8H,6H2,1-2H3. The molecule has 0 aliphatic carbocycles. The van der Waals surface area contributed by atoms with Gasteiger partial charge in [0.25, 0.3) is 0 Å². The Balaban J connectivity index is 2.30. The first-order chi connectivity index (χ1) is 9.51. The SMILES string of the molecule is CC(C)c1ncc(Oc2ccc(Br)c(F)c2)c(CCl)n1. The van der Waals surface area contributed by atoms with Crippen molar-refractivity contribution in [2.45, 2.75) is 25.6 Å². The second-order valence-electron chi connectivity index (χ2n) is 4.51. The van der Waals surface area contributed by atoms with Gasteiger partial charge in [0.05, 0.1) is 16.5 Å².